The summed E-state index contributed by atoms with van der Waals surface area (Å²) >= 11 is 0. The van der Waals surface area contributed by atoms with Gasteiger partial charge in [0.05, 0.1) is 7.11 Å². The van der Waals surface area contributed by atoms with Crippen LogP contribution in [-0.2, 0) is 9.53 Å². The summed E-state index contributed by atoms with van der Waals surface area (Å²) in [6.07, 6.45) is 0. The largest absolute Gasteiger partial charge is 0.466 e. The van der Waals surface area contributed by atoms with Gasteiger partial charge in [-0.1, -0.05) is 36.9 Å². The van der Waals surface area contributed by atoms with Crippen LogP contribution in [-0.4, -0.2) is 13.1 Å². The van der Waals surface area contributed by atoms with Crippen LogP contribution in [0, 0.1) is 29.1 Å². The lowest BCUT2D eigenvalue weighted by Gasteiger charge is -2.21. The number of esters is 1. The van der Waals surface area contributed by atoms with Gasteiger partial charge < -0.3 is 4.74 Å². The third-order valence-corrected chi connectivity index (χ3v) is 3.46. The number of methoxy groups -OCH3 is 1. The number of benzene rings is 2. The van der Waals surface area contributed by atoms with Crippen LogP contribution in [0.4, 0.5) is 22.0 Å². The molecule has 0 radical (unpaired) electrons. The first-order valence-electron chi connectivity index (χ1n) is 6.64. The Morgan fingerprint density at radius 3 is 1.83 bits per heavy atom. The molecule has 1 atom stereocenters. The Morgan fingerprint density at radius 1 is 0.917 bits per heavy atom. The summed E-state index contributed by atoms with van der Waals surface area (Å²) < 4.78 is 73.0. The van der Waals surface area contributed by atoms with Gasteiger partial charge in [-0.05, 0) is 5.56 Å². The van der Waals surface area contributed by atoms with Gasteiger partial charge in [-0.2, -0.15) is 0 Å². The molecule has 2 rings (SSSR count). The van der Waals surface area contributed by atoms with E-state index in [0.29, 0.717) is 0 Å². The fraction of sp³-hybridized carbons (Fsp3) is 0.118. The number of hydrogen-bond donors (Lipinski definition) is 0. The van der Waals surface area contributed by atoms with E-state index in [0.717, 1.165) is 7.11 Å². The molecule has 0 aliphatic rings. The van der Waals surface area contributed by atoms with Gasteiger partial charge in [-0.15, -0.1) is 0 Å². The maximum absolute atomic E-state index is 14.2. The fourth-order valence-electron chi connectivity index (χ4n) is 2.31. The maximum Gasteiger partial charge on any atom is 0.334 e. The van der Waals surface area contributed by atoms with Gasteiger partial charge in [-0.3, -0.25) is 0 Å². The Bertz CT molecular complexity index is 773. The number of hydrogen-bond acceptors (Lipinski definition) is 2. The summed E-state index contributed by atoms with van der Waals surface area (Å²) in [5.74, 6) is -13.1. The van der Waals surface area contributed by atoms with Gasteiger partial charge in [0.1, 0.15) is 0 Å². The third kappa shape index (κ3) is 2.89. The number of ether oxygens (including phenoxy) is 1. The lowest BCUT2D eigenvalue weighted by Crippen LogP contribution is -2.18. The summed E-state index contributed by atoms with van der Waals surface area (Å²) in [5.41, 5.74) is -1.50. The molecule has 2 nitrogen and oxygen atoms in total. The molecule has 0 bridgehead atoms. The molecule has 126 valence electrons. The van der Waals surface area contributed by atoms with Crippen molar-refractivity contribution in [3.05, 3.63) is 82.7 Å². The first-order valence-corrected chi connectivity index (χ1v) is 6.64. The van der Waals surface area contributed by atoms with E-state index in [-0.39, 0.29) is 5.56 Å². The highest BCUT2D eigenvalue weighted by Crippen LogP contribution is 2.37. The minimum atomic E-state index is -2.27. The van der Waals surface area contributed by atoms with E-state index in [9.17, 15) is 26.7 Å². The average Bonchev–Trinajstić information content (AvgIpc) is 2.61. The molecule has 24 heavy (non-hydrogen) atoms. The first kappa shape index (κ1) is 17.7. The van der Waals surface area contributed by atoms with Crippen LogP contribution < -0.4 is 0 Å². The van der Waals surface area contributed by atoms with E-state index < -0.39 is 52.1 Å². The van der Waals surface area contributed by atoms with Gasteiger partial charge in [0.15, 0.2) is 23.3 Å². The lowest BCUT2D eigenvalue weighted by molar-refractivity contribution is -0.136. The minimum absolute atomic E-state index is 0.121. The smallest absolute Gasteiger partial charge is 0.334 e. The van der Waals surface area contributed by atoms with Crippen molar-refractivity contribution < 1.29 is 31.5 Å². The minimum Gasteiger partial charge on any atom is -0.466 e. The summed E-state index contributed by atoms with van der Waals surface area (Å²) in [4.78, 5) is 11.7. The van der Waals surface area contributed by atoms with Crippen LogP contribution in [0.1, 0.15) is 17.0 Å². The van der Waals surface area contributed by atoms with Crippen LogP contribution in [0.3, 0.4) is 0 Å². The molecule has 0 amide bonds. The topological polar surface area (TPSA) is 26.3 Å². The molecule has 0 spiro atoms. The Morgan fingerprint density at radius 2 is 1.38 bits per heavy atom. The molecule has 2 aromatic rings. The van der Waals surface area contributed by atoms with Gasteiger partial charge in [0.2, 0.25) is 5.82 Å². The van der Waals surface area contributed by atoms with E-state index in [2.05, 4.69) is 11.3 Å². The Hall–Kier alpha value is -2.70. The summed E-state index contributed by atoms with van der Waals surface area (Å²) in [7, 11) is 1.01. The molecule has 0 aromatic heterocycles. The van der Waals surface area contributed by atoms with Crippen molar-refractivity contribution in [1.29, 1.82) is 0 Å². The average molecular weight is 342 g/mol. The summed E-state index contributed by atoms with van der Waals surface area (Å²) in [5, 5.41) is 0. The molecule has 1 unspecified atom stereocenters. The molecule has 7 heteroatoms. The van der Waals surface area contributed by atoms with Crippen LogP contribution in [0.5, 0.6) is 0 Å². The standard InChI is InChI=1S/C17H11F5O2/c1-8(17(23)24-2)10(9-6-4-3-5-7-9)11-12(18)14(20)16(22)15(21)13(11)19/h3-7,10H,1H2,2H3. The number of carbonyl (C=O) groups is 1. The van der Waals surface area contributed by atoms with Crippen molar-refractivity contribution in [3.63, 3.8) is 0 Å². The zero-order valence-electron chi connectivity index (χ0n) is 12.4. The van der Waals surface area contributed by atoms with Gasteiger partial charge in [0, 0.05) is 17.1 Å². The molecule has 0 N–H and O–H groups in total. The molecule has 0 saturated heterocycles. The second-order valence-corrected chi connectivity index (χ2v) is 4.84. The zero-order chi connectivity index (χ0) is 18.0. The van der Waals surface area contributed by atoms with Crippen molar-refractivity contribution in [3.8, 4) is 0 Å². The Labute approximate surface area is 134 Å². The quantitative estimate of drug-likeness (QED) is 0.273. The number of halogens is 5. The normalized spacial score (nSPS) is 11.9. The van der Waals surface area contributed by atoms with Crippen molar-refractivity contribution in [2.75, 3.05) is 7.11 Å². The van der Waals surface area contributed by atoms with E-state index in [1.54, 1.807) is 6.07 Å². The molecule has 0 aliphatic carbocycles. The predicted octanol–water partition coefficient (Wildman–Crippen LogP) is 4.24. The van der Waals surface area contributed by atoms with E-state index in [4.69, 9.17) is 0 Å². The van der Waals surface area contributed by atoms with E-state index >= 15 is 0 Å². The maximum atomic E-state index is 14.2. The fourth-order valence-corrected chi connectivity index (χ4v) is 2.31. The first-order chi connectivity index (χ1) is 11.3. The highest BCUT2D eigenvalue weighted by atomic mass is 19.2. The van der Waals surface area contributed by atoms with Crippen molar-refractivity contribution in [2.45, 2.75) is 5.92 Å². The highest BCUT2D eigenvalue weighted by molar-refractivity contribution is 5.90. The van der Waals surface area contributed by atoms with Crippen molar-refractivity contribution in [1.82, 2.24) is 0 Å². The molecule has 0 saturated carbocycles. The number of rotatable bonds is 4. The van der Waals surface area contributed by atoms with Crippen LogP contribution >= 0.6 is 0 Å². The SMILES string of the molecule is C=C(C(=O)OC)C(c1ccccc1)c1c(F)c(F)c(F)c(F)c1F. The molecule has 0 heterocycles. The number of carbonyl (C=O) groups excluding carboxylic acids is 1. The monoisotopic (exact) mass is 342 g/mol. The Kier molecular flexibility index (Phi) is 5.02. The molecular weight excluding hydrogens is 331 g/mol. The van der Waals surface area contributed by atoms with Gasteiger partial charge >= 0.3 is 5.97 Å². The summed E-state index contributed by atoms with van der Waals surface area (Å²) in [6, 6.07) is 7.30. The van der Waals surface area contributed by atoms with Crippen molar-refractivity contribution in [2.24, 2.45) is 0 Å². The van der Waals surface area contributed by atoms with Gasteiger partial charge in [-0.25, -0.2) is 26.7 Å². The second-order valence-electron chi connectivity index (χ2n) is 4.84. The molecular formula is C17H11F5O2. The van der Waals surface area contributed by atoms with E-state index in [1.165, 1.54) is 24.3 Å². The molecule has 0 aliphatic heterocycles. The van der Waals surface area contributed by atoms with Crippen LogP contribution in [0.25, 0.3) is 0 Å². The predicted molar refractivity (Wildman–Crippen MR) is 75.7 cm³/mol. The molecule has 2 aromatic carbocycles. The highest BCUT2D eigenvalue weighted by Gasteiger charge is 2.34. The van der Waals surface area contributed by atoms with E-state index in [1.807, 2.05) is 0 Å². The third-order valence-electron chi connectivity index (χ3n) is 3.46. The Balaban J connectivity index is 2.79. The second kappa shape index (κ2) is 6.82. The van der Waals surface area contributed by atoms with Crippen LogP contribution in [0.2, 0.25) is 0 Å². The van der Waals surface area contributed by atoms with Crippen molar-refractivity contribution >= 4 is 5.97 Å². The summed E-state index contributed by atoms with van der Waals surface area (Å²) in [6.45, 7) is 3.40. The van der Waals surface area contributed by atoms with Crippen LogP contribution in [0.15, 0.2) is 42.5 Å². The lowest BCUT2D eigenvalue weighted by atomic mass is 9.84. The molecule has 0 fully saturated rings. The zero-order valence-corrected chi connectivity index (χ0v) is 12.4. The van der Waals surface area contributed by atoms with Gasteiger partial charge in [0.25, 0.3) is 0 Å².